The summed E-state index contributed by atoms with van der Waals surface area (Å²) in [6.45, 7) is 0. The number of nitrogens with one attached hydrogen (secondary N) is 2. The molecule has 136 valence electrons. The number of carbonyl (C=O) groups is 2. The molecule has 0 amide bonds. The number of aliphatic imine (C=N–C) groups is 1. The molecule has 2 aromatic rings. The third-order valence-corrected chi connectivity index (χ3v) is 3.70. The second kappa shape index (κ2) is 10.2. The minimum Gasteiger partial charge on any atom is -0.469 e. The quantitative estimate of drug-likeness (QED) is 0.317. The van der Waals surface area contributed by atoms with Crippen molar-refractivity contribution >= 4 is 40.6 Å². The molecule has 0 unspecified atom stereocenters. The molecule has 0 atom stereocenters. The number of carbonyl (C=O) groups excluding carboxylic acids is 2. The molecule has 6 nitrogen and oxygen atoms in total. The van der Waals surface area contributed by atoms with Crippen LogP contribution in [0.25, 0.3) is 0 Å². The van der Waals surface area contributed by atoms with E-state index in [1.54, 1.807) is 24.3 Å². The third-order valence-electron chi connectivity index (χ3n) is 3.44. The molecule has 2 N–H and O–H groups in total. The lowest BCUT2D eigenvalue weighted by molar-refractivity contribution is -0.140. The molecule has 0 aliphatic rings. The van der Waals surface area contributed by atoms with Gasteiger partial charge in [0.15, 0.2) is 11.6 Å². The minimum absolute atomic E-state index is 0.154. The van der Waals surface area contributed by atoms with Gasteiger partial charge in [-0.1, -0.05) is 29.8 Å². The zero-order chi connectivity index (χ0) is 18.8. The molecule has 0 bridgehead atoms. The average molecular weight is 374 g/mol. The second-order valence-electron chi connectivity index (χ2n) is 5.41. The summed E-state index contributed by atoms with van der Waals surface area (Å²) in [5, 5.41) is 0.588. The lowest BCUT2D eigenvalue weighted by Gasteiger charge is -2.11. The molecule has 0 heterocycles. The SMILES string of the molecule is COC(=O)CCCC(=O)C(=Nc1ccc(Cl)cc1)NNc1ccccc1. The molecule has 0 saturated carbocycles. The smallest absolute Gasteiger partial charge is 0.305 e. The maximum absolute atomic E-state index is 12.5. The first-order chi connectivity index (χ1) is 12.6. The summed E-state index contributed by atoms with van der Waals surface area (Å²) in [5.41, 5.74) is 7.18. The van der Waals surface area contributed by atoms with Crippen molar-refractivity contribution in [2.75, 3.05) is 12.5 Å². The van der Waals surface area contributed by atoms with E-state index < -0.39 is 0 Å². The van der Waals surface area contributed by atoms with Gasteiger partial charge < -0.3 is 4.74 Å². The monoisotopic (exact) mass is 373 g/mol. The van der Waals surface area contributed by atoms with Gasteiger partial charge in [0.05, 0.1) is 18.5 Å². The second-order valence-corrected chi connectivity index (χ2v) is 5.84. The van der Waals surface area contributed by atoms with Crippen LogP contribution >= 0.6 is 11.6 Å². The zero-order valence-electron chi connectivity index (χ0n) is 14.4. The number of amidine groups is 1. The number of benzene rings is 2. The number of ether oxygens (including phenoxy) is 1. The van der Waals surface area contributed by atoms with Crippen molar-refractivity contribution in [3.8, 4) is 0 Å². The van der Waals surface area contributed by atoms with Gasteiger partial charge in [-0.15, -0.1) is 0 Å². The fourth-order valence-corrected chi connectivity index (χ4v) is 2.20. The number of hydrogen-bond acceptors (Lipinski definition) is 5. The molecule has 2 rings (SSSR count). The van der Waals surface area contributed by atoms with Gasteiger partial charge in [0.1, 0.15) is 0 Å². The van der Waals surface area contributed by atoms with Crippen LogP contribution in [-0.4, -0.2) is 24.7 Å². The van der Waals surface area contributed by atoms with Crippen LogP contribution in [0.3, 0.4) is 0 Å². The Morgan fingerprint density at radius 2 is 1.73 bits per heavy atom. The van der Waals surface area contributed by atoms with E-state index in [0.717, 1.165) is 5.69 Å². The Kier molecular flexibility index (Phi) is 7.64. The Morgan fingerprint density at radius 3 is 2.38 bits per heavy atom. The molecule has 0 aliphatic carbocycles. The summed E-state index contributed by atoms with van der Waals surface area (Å²) < 4.78 is 4.58. The van der Waals surface area contributed by atoms with Crippen LogP contribution in [0.15, 0.2) is 59.6 Å². The summed E-state index contributed by atoms with van der Waals surface area (Å²) >= 11 is 5.88. The molecule has 0 saturated heterocycles. The highest BCUT2D eigenvalue weighted by atomic mass is 35.5. The van der Waals surface area contributed by atoms with Gasteiger partial charge in [-0.25, -0.2) is 4.99 Å². The standard InChI is InChI=1S/C19H20ClN3O3/c1-26-18(25)9-5-8-17(24)19(21-15-12-10-14(20)11-13-15)23-22-16-6-3-2-4-7-16/h2-4,6-7,10-13,22H,5,8-9H2,1H3,(H,21,23). The first kappa shape index (κ1) is 19.5. The van der Waals surface area contributed by atoms with Gasteiger partial charge in [0.2, 0.25) is 0 Å². The van der Waals surface area contributed by atoms with Gasteiger partial charge in [-0.3, -0.25) is 20.4 Å². The van der Waals surface area contributed by atoms with Gasteiger partial charge in [-0.2, -0.15) is 0 Å². The lowest BCUT2D eigenvalue weighted by atomic mass is 10.1. The largest absolute Gasteiger partial charge is 0.469 e. The van der Waals surface area contributed by atoms with E-state index in [1.807, 2.05) is 30.3 Å². The highest BCUT2D eigenvalue weighted by Gasteiger charge is 2.13. The first-order valence-electron chi connectivity index (χ1n) is 8.10. The summed E-state index contributed by atoms with van der Waals surface area (Å²) in [6.07, 6.45) is 0.742. The molecule has 0 fully saturated rings. The number of halogens is 1. The van der Waals surface area contributed by atoms with Crippen molar-refractivity contribution < 1.29 is 14.3 Å². The highest BCUT2D eigenvalue weighted by molar-refractivity contribution is 6.39. The van der Waals surface area contributed by atoms with Crippen LogP contribution in [0.4, 0.5) is 11.4 Å². The Morgan fingerprint density at radius 1 is 1.04 bits per heavy atom. The zero-order valence-corrected chi connectivity index (χ0v) is 15.1. The van der Waals surface area contributed by atoms with E-state index in [4.69, 9.17) is 11.6 Å². The normalized spacial score (nSPS) is 10.9. The number of rotatable bonds is 8. The van der Waals surface area contributed by atoms with Gasteiger partial charge in [0.25, 0.3) is 0 Å². The number of methoxy groups -OCH3 is 1. The van der Waals surface area contributed by atoms with E-state index >= 15 is 0 Å². The van der Waals surface area contributed by atoms with Crippen LogP contribution in [0.5, 0.6) is 0 Å². The van der Waals surface area contributed by atoms with Crippen LogP contribution in [0.1, 0.15) is 19.3 Å². The summed E-state index contributed by atoms with van der Waals surface area (Å²) in [6, 6.07) is 16.2. The Bertz CT molecular complexity index is 761. The molecule has 26 heavy (non-hydrogen) atoms. The number of esters is 1. The van der Waals surface area contributed by atoms with E-state index in [9.17, 15) is 9.59 Å². The fourth-order valence-electron chi connectivity index (χ4n) is 2.07. The molecular formula is C19H20ClN3O3. The fraction of sp³-hybridized carbons (Fsp3) is 0.211. The lowest BCUT2D eigenvalue weighted by Crippen LogP contribution is -2.35. The molecule has 0 spiro atoms. The van der Waals surface area contributed by atoms with Crippen molar-refractivity contribution in [2.45, 2.75) is 19.3 Å². The van der Waals surface area contributed by atoms with Crippen molar-refractivity contribution in [3.63, 3.8) is 0 Å². The highest BCUT2D eigenvalue weighted by Crippen LogP contribution is 2.16. The molecule has 0 aliphatic heterocycles. The van der Waals surface area contributed by atoms with Gasteiger partial charge in [-0.05, 0) is 42.8 Å². The summed E-state index contributed by atoms with van der Waals surface area (Å²) in [4.78, 5) is 28.0. The average Bonchev–Trinajstić information content (AvgIpc) is 2.67. The van der Waals surface area contributed by atoms with Gasteiger partial charge in [0, 0.05) is 17.9 Å². The number of hydrazine groups is 1. The van der Waals surface area contributed by atoms with Crippen LogP contribution in [0.2, 0.25) is 5.02 Å². The van der Waals surface area contributed by atoms with Gasteiger partial charge >= 0.3 is 5.97 Å². The van der Waals surface area contributed by atoms with Crippen LogP contribution < -0.4 is 10.9 Å². The number of ketones is 1. The van der Waals surface area contributed by atoms with Crippen molar-refractivity contribution in [1.82, 2.24) is 5.43 Å². The molecule has 2 aromatic carbocycles. The maximum Gasteiger partial charge on any atom is 0.305 e. The Labute approximate surface area is 157 Å². The van der Waals surface area contributed by atoms with E-state index in [-0.39, 0.29) is 30.4 Å². The van der Waals surface area contributed by atoms with Crippen molar-refractivity contribution in [2.24, 2.45) is 4.99 Å². The van der Waals surface area contributed by atoms with Crippen LogP contribution in [-0.2, 0) is 14.3 Å². The first-order valence-corrected chi connectivity index (χ1v) is 8.47. The number of hydrogen-bond donors (Lipinski definition) is 2. The maximum atomic E-state index is 12.5. The molecule has 7 heteroatoms. The minimum atomic E-state index is -0.343. The summed E-state index contributed by atoms with van der Waals surface area (Å²) in [7, 11) is 1.32. The van der Waals surface area contributed by atoms with E-state index in [1.165, 1.54) is 7.11 Å². The van der Waals surface area contributed by atoms with E-state index in [2.05, 4.69) is 20.6 Å². The Balaban J connectivity index is 2.08. The number of Topliss-reactive ketones (excluding diaryl/α,β-unsaturated/α-hetero) is 1. The predicted molar refractivity (Wildman–Crippen MR) is 103 cm³/mol. The van der Waals surface area contributed by atoms with E-state index in [0.29, 0.717) is 17.1 Å². The predicted octanol–water partition coefficient (Wildman–Crippen LogP) is 3.90. The molecule has 0 aromatic heterocycles. The van der Waals surface area contributed by atoms with Crippen molar-refractivity contribution in [1.29, 1.82) is 0 Å². The number of anilines is 1. The summed E-state index contributed by atoms with van der Waals surface area (Å²) in [5.74, 6) is -0.405. The Hall–Kier alpha value is -2.86. The van der Waals surface area contributed by atoms with Crippen LogP contribution in [0, 0.1) is 0 Å². The number of para-hydroxylation sites is 1. The topological polar surface area (TPSA) is 79.8 Å². The molecule has 0 radical (unpaired) electrons. The van der Waals surface area contributed by atoms with Crippen molar-refractivity contribution in [3.05, 3.63) is 59.6 Å². The number of nitrogens with zero attached hydrogens (tertiary/aromatic N) is 1. The molecular weight excluding hydrogens is 354 g/mol. The third kappa shape index (κ3) is 6.57.